The number of rotatable bonds is 5. The maximum Gasteiger partial charge on any atom is 0.269 e. The van der Waals surface area contributed by atoms with Gasteiger partial charge >= 0.3 is 0 Å². The summed E-state index contributed by atoms with van der Waals surface area (Å²) in [6, 6.07) is 20.4. The van der Waals surface area contributed by atoms with Crippen molar-refractivity contribution in [1.82, 2.24) is 15.0 Å². The molecule has 3 aromatic carbocycles. The van der Waals surface area contributed by atoms with Gasteiger partial charge in [0.2, 0.25) is 0 Å². The molecule has 0 spiro atoms. The molecule has 7 heteroatoms. The normalized spacial score (nSPS) is 12.1. The van der Waals surface area contributed by atoms with Crippen molar-refractivity contribution in [2.75, 3.05) is 5.32 Å². The number of anilines is 1. The first-order valence-electron chi connectivity index (χ1n) is 8.91. The Bertz CT molecular complexity index is 1150. The highest BCUT2D eigenvalue weighted by Crippen LogP contribution is 2.28. The molecule has 0 amide bonds. The van der Waals surface area contributed by atoms with Gasteiger partial charge in [0.05, 0.1) is 10.4 Å². The number of nitrogens with one attached hydrogen (secondary N) is 1. The minimum atomic E-state index is -0.402. The lowest BCUT2D eigenvalue weighted by atomic mass is 10.1. The van der Waals surface area contributed by atoms with Gasteiger partial charge in [-0.05, 0) is 55.3 Å². The van der Waals surface area contributed by atoms with Crippen molar-refractivity contribution in [3.8, 4) is 0 Å². The van der Waals surface area contributed by atoms with E-state index in [0.717, 1.165) is 27.8 Å². The molecule has 0 radical (unpaired) electrons. The predicted octanol–water partition coefficient (Wildman–Crippen LogP) is 4.62. The lowest BCUT2D eigenvalue weighted by Crippen LogP contribution is -2.21. The molecule has 1 N–H and O–H groups in total. The molecule has 1 heterocycles. The van der Waals surface area contributed by atoms with Crippen LogP contribution in [0.25, 0.3) is 11.0 Å². The van der Waals surface area contributed by atoms with Crippen LogP contribution in [0.5, 0.6) is 0 Å². The number of nitrogens with zero attached hydrogens (tertiary/aromatic N) is 4. The first-order valence-corrected chi connectivity index (χ1v) is 8.91. The third kappa shape index (κ3) is 3.29. The van der Waals surface area contributed by atoms with E-state index in [0.29, 0.717) is 0 Å². The molecule has 1 atom stereocenters. The Morgan fingerprint density at radius 1 is 1.04 bits per heavy atom. The van der Waals surface area contributed by atoms with Crippen molar-refractivity contribution in [3.05, 3.63) is 93.5 Å². The van der Waals surface area contributed by atoms with Crippen molar-refractivity contribution in [2.24, 2.45) is 0 Å². The fourth-order valence-corrected chi connectivity index (χ4v) is 3.26. The first-order chi connectivity index (χ1) is 13.5. The van der Waals surface area contributed by atoms with Crippen LogP contribution in [0, 0.1) is 24.0 Å². The summed E-state index contributed by atoms with van der Waals surface area (Å²) in [7, 11) is 0. The van der Waals surface area contributed by atoms with Crippen molar-refractivity contribution in [1.29, 1.82) is 0 Å². The van der Waals surface area contributed by atoms with Crippen LogP contribution in [0.1, 0.15) is 22.9 Å². The van der Waals surface area contributed by atoms with Gasteiger partial charge in [-0.1, -0.05) is 35.0 Å². The van der Waals surface area contributed by atoms with Crippen LogP contribution < -0.4 is 5.32 Å². The molecule has 1 unspecified atom stereocenters. The molecule has 0 aliphatic carbocycles. The van der Waals surface area contributed by atoms with Crippen LogP contribution in [-0.4, -0.2) is 19.9 Å². The monoisotopic (exact) mass is 373 g/mol. The summed E-state index contributed by atoms with van der Waals surface area (Å²) in [5.41, 5.74) is 5.82. The van der Waals surface area contributed by atoms with E-state index < -0.39 is 4.92 Å². The highest BCUT2D eigenvalue weighted by atomic mass is 16.6. The summed E-state index contributed by atoms with van der Waals surface area (Å²) >= 11 is 0. The minimum Gasteiger partial charge on any atom is -0.360 e. The number of aromatic nitrogens is 3. The van der Waals surface area contributed by atoms with Gasteiger partial charge in [0, 0.05) is 17.8 Å². The zero-order valence-corrected chi connectivity index (χ0v) is 15.5. The summed E-state index contributed by atoms with van der Waals surface area (Å²) in [6.07, 6.45) is -0.366. The Hall–Kier alpha value is -3.74. The van der Waals surface area contributed by atoms with E-state index in [-0.39, 0.29) is 11.9 Å². The zero-order chi connectivity index (χ0) is 19.7. The smallest absolute Gasteiger partial charge is 0.269 e. The number of benzene rings is 3. The van der Waals surface area contributed by atoms with E-state index in [2.05, 4.69) is 28.6 Å². The standard InChI is InChI=1S/C21H19N5O2/c1-14-7-12-18(15(2)13-14)22-21(16-8-10-17(11-9-16)26(27)28)25-20-6-4-3-5-19(20)23-24-25/h3-13,21-22H,1-2H3. The van der Waals surface area contributed by atoms with Crippen LogP contribution in [0.3, 0.4) is 0 Å². The lowest BCUT2D eigenvalue weighted by molar-refractivity contribution is -0.384. The molecule has 4 aromatic rings. The summed E-state index contributed by atoms with van der Waals surface area (Å²) in [5.74, 6) is 0. The molecule has 0 saturated carbocycles. The van der Waals surface area contributed by atoms with Crippen LogP contribution in [0.2, 0.25) is 0 Å². The second kappa shape index (κ2) is 7.11. The summed E-state index contributed by atoms with van der Waals surface area (Å²) in [6.45, 7) is 4.09. The molecule has 1 aromatic heterocycles. The number of hydrogen-bond acceptors (Lipinski definition) is 5. The van der Waals surface area contributed by atoms with Gasteiger partial charge in [0.25, 0.3) is 5.69 Å². The molecule has 28 heavy (non-hydrogen) atoms. The van der Waals surface area contributed by atoms with E-state index in [4.69, 9.17) is 0 Å². The van der Waals surface area contributed by atoms with Crippen LogP contribution in [0.4, 0.5) is 11.4 Å². The molecule has 0 saturated heterocycles. The van der Waals surface area contributed by atoms with E-state index in [1.165, 1.54) is 17.7 Å². The summed E-state index contributed by atoms with van der Waals surface area (Å²) in [5, 5.41) is 23.1. The van der Waals surface area contributed by atoms with Gasteiger partial charge in [0.1, 0.15) is 11.7 Å². The Labute approximate surface area is 161 Å². The highest BCUT2D eigenvalue weighted by Gasteiger charge is 2.19. The number of nitro groups is 1. The molecule has 0 bridgehead atoms. The molecule has 140 valence electrons. The molecule has 0 fully saturated rings. The number of nitro benzene ring substituents is 1. The Morgan fingerprint density at radius 2 is 1.79 bits per heavy atom. The van der Waals surface area contributed by atoms with Crippen LogP contribution >= 0.6 is 0 Å². The van der Waals surface area contributed by atoms with Crippen molar-refractivity contribution in [2.45, 2.75) is 20.0 Å². The van der Waals surface area contributed by atoms with Gasteiger partial charge in [-0.2, -0.15) is 0 Å². The predicted molar refractivity (Wildman–Crippen MR) is 108 cm³/mol. The van der Waals surface area contributed by atoms with Crippen molar-refractivity contribution < 1.29 is 4.92 Å². The Morgan fingerprint density at radius 3 is 2.50 bits per heavy atom. The minimum absolute atomic E-state index is 0.0532. The number of fused-ring (bicyclic) bond motifs is 1. The van der Waals surface area contributed by atoms with Crippen LogP contribution in [-0.2, 0) is 0 Å². The van der Waals surface area contributed by atoms with E-state index in [9.17, 15) is 10.1 Å². The zero-order valence-electron chi connectivity index (χ0n) is 15.5. The molecule has 4 rings (SSSR count). The maximum absolute atomic E-state index is 11.0. The van der Waals surface area contributed by atoms with E-state index >= 15 is 0 Å². The topological polar surface area (TPSA) is 85.9 Å². The average Bonchev–Trinajstić information content (AvgIpc) is 3.11. The molecule has 7 nitrogen and oxygen atoms in total. The highest BCUT2D eigenvalue weighted by molar-refractivity contribution is 5.74. The van der Waals surface area contributed by atoms with Gasteiger partial charge in [-0.3, -0.25) is 10.1 Å². The second-order valence-corrected chi connectivity index (χ2v) is 6.74. The summed E-state index contributed by atoms with van der Waals surface area (Å²) < 4.78 is 1.80. The van der Waals surface area contributed by atoms with Crippen molar-refractivity contribution in [3.63, 3.8) is 0 Å². The molecular formula is C21H19N5O2. The van der Waals surface area contributed by atoms with Crippen LogP contribution in [0.15, 0.2) is 66.7 Å². The van der Waals surface area contributed by atoms with Crippen molar-refractivity contribution >= 4 is 22.4 Å². The number of para-hydroxylation sites is 1. The molecular weight excluding hydrogens is 354 g/mol. The number of aryl methyl sites for hydroxylation is 2. The lowest BCUT2D eigenvalue weighted by Gasteiger charge is -2.22. The largest absolute Gasteiger partial charge is 0.360 e. The average molecular weight is 373 g/mol. The third-order valence-corrected chi connectivity index (χ3v) is 4.72. The fourth-order valence-electron chi connectivity index (χ4n) is 3.26. The van der Waals surface area contributed by atoms with Gasteiger partial charge in [0.15, 0.2) is 0 Å². The number of non-ortho nitro benzene ring substituents is 1. The summed E-state index contributed by atoms with van der Waals surface area (Å²) in [4.78, 5) is 10.6. The maximum atomic E-state index is 11.0. The van der Waals surface area contributed by atoms with Gasteiger partial charge < -0.3 is 5.32 Å². The SMILES string of the molecule is Cc1ccc(NC(c2ccc([N+](=O)[O-])cc2)n2nnc3ccccc32)c(C)c1. The fraction of sp³-hybridized carbons (Fsp3) is 0.143. The second-order valence-electron chi connectivity index (χ2n) is 6.74. The quantitative estimate of drug-likeness (QED) is 0.408. The first kappa shape index (κ1) is 17.7. The molecule has 0 aliphatic heterocycles. The Balaban J connectivity index is 1.81. The molecule has 0 aliphatic rings. The van der Waals surface area contributed by atoms with E-state index in [1.807, 2.05) is 43.3 Å². The Kier molecular flexibility index (Phi) is 4.49. The number of hydrogen-bond donors (Lipinski definition) is 1. The van der Waals surface area contributed by atoms with Gasteiger partial charge in [-0.15, -0.1) is 5.10 Å². The van der Waals surface area contributed by atoms with Gasteiger partial charge in [-0.25, -0.2) is 4.68 Å². The third-order valence-electron chi connectivity index (χ3n) is 4.72. The van der Waals surface area contributed by atoms with E-state index in [1.54, 1.807) is 16.8 Å².